The molecule has 0 spiro atoms. The third kappa shape index (κ3) is 5.02. The smallest absolute Gasteiger partial charge is 0.262 e. The zero-order chi connectivity index (χ0) is 18.4. The fourth-order valence-electron chi connectivity index (χ4n) is 3.31. The van der Waals surface area contributed by atoms with E-state index in [1.165, 1.54) is 55.2 Å². The van der Waals surface area contributed by atoms with Gasteiger partial charge in [0.25, 0.3) is 5.91 Å². The van der Waals surface area contributed by atoms with Gasteiger partial charge in [0.2, 0.25) is 0 Å². The van der Waals surface area contributed by atoms with Crippen molar-refractivity contribution in [3.8, 4) is 0 Å². The molecule has 1 fully saturated rings. The van der Waals surface area contributed by atoms with Crippen LogP contribution in [0.25, 0.3) is 10.9 Å². The number of fused-ring (bicyclic) bond motifs is 1. The fourth-order valence-corrected chi connectivity index (χ4v) is 4.44. The van der Waals surface area contributed by atoms with Crippen molar-refractivity contribution in [2.24, 2.45) is 0 Å². The summed E-state index contributed by atoms with van der Waals surface area (Å²) in [5.41, 5.74) is 3.09. The molecule has 1 aromatic heterocycles. The van der Waals surface area contributed by atoms with Crippen LogP contribution in [0.15, 0.2) is 22.8 Å². The Bertz CT molecular complexity index is 708. The van der Waals surface area contributed by atoms with Crippen LogP contribution < -0.4 is 4.72 Å². The number of carbonyl (C=O) groups excluding carboxylic acids is 1. The number of nitrogens with one attached hydrogen (secondary N) is 2. The highest BCUT2D eigenvalue weighted by Gasteiger charge is 2.22. The van der Waals surface area contributed by atoms with Gasteiger partial charge < -0.3 is 4.98 Å². The summed E-state index contributed by atoms with van der Waals surface area (Å²) in [6.07, 6.45) is 6.49. The van der Waals surface area contributed by atoms with Crippen LogP contribution in [0.2, 0.25) is 0 Å². The van der Waals surface area contributed by atoms with E-state index >= 15 is 0 Å². The molecule has 1 aliphatic carbocycles. The second-order valence-corrected chi connectivity index (χ2v) is 8.19. The average Bonchev–Trinajstić information content (AvgIpc) is 2.96. The summed E-state index contributed by atoms with van der Waals surface area (Å²) < 4.78 is 5.75. The molecule has 0 saturated heterocycles. The van der Waals surface area contributed by atoms with E-state index in [1.807, 2.05) is 44.4 Å². The lowest BCUT2D eigenvalue weighted by molar-refractivity contribution is 0.0983. The van der Waals surface area contributed by atoms with E-state index in [0.29, 0.717) is 11.5 Å². The molecule has 1 saturated carbocycles. The number of halogens is 1. The minimum Gasteiger partial charge on any atom is -0.349 e. The van der Waals surface area contributed by atoms with Gasteiger partial charge >= 0.3 is 0 Å². The van der Waals surface area contributed by atoms with Crippen molar-refractivity contribution < 1.29 is 4.79 Å². The number of hydrogen-bond donors (Lipinski definition) is 2. The van der Waals surface area contributed by atoms with Crippen LogP contribution in [0, 0.1) is 0 Å². The normalized spacial score (nSPS) is 15.1. The highest BCUT2D eigenvalue weighted by Crippen LogP contribution is 2.40. The lowest BCUT2D eigenvalue weighted by Gasteiger charge is -2.21. The van der Waals surface area contributed by atoms with Crippen molar-refractivity contribution in [3.05, 3.63) is 33.9 Å². The number of aromatic nitrogens is 1. The molecule has 2 aromatic rings. The van der Waals surface area contributed by atoms with Gasteiger partial charge in [-0.05, 0) is 66.5 Å². The lowest BCUT2D eigenvalue weighted by atomic mass is 9.84. The molecule has 0 bridgehead atoms. The van der Waals surface area contributed by atoms with Gasteiger partial charge in [0.1, 0.15) is 0 Å². The Morgan fingerprint density at radius 2 is 1.92 bits per heavy atom. The molecule has 1 heterocycles. The molecule has 0 atom stereocenters. The van der Waals surface area contributed by atoms with E-state index < -0.39 is 0 Å². The number of benzene rings is 1. The Labute approximate surface area is 163 Å². The summed E-state index contributed by atoms with van der Waals surface area (Å²) in [7, 11) is 3.79. The minimum absolute atomic E-state index is 0.0736. The number of amides is 1. The zero-order valence-electron chi connectivity index (χ0n) is 15.5. The molecular weight excluding hydrogens is 398 g/mol. The van der Waals surface area contributed by atoms with Gasteiger partial charge in [-0.3, -0.25) is 9.52 Å². The largest absolute Gasteiger partial charge is 0.349 e. The van der Waals surface area contributed by atoms with Crippen molar-refractivity contribution in [1.29, 1.82) is 0 Å². The molecule has 1 aliphatic rings. The van der Waals surface area contributed by atoms with E-state index in [0.717, 1.165) is 10.1 Å². The summed E-state index contributed by atoms with van der Waals surface area (Å²) in [5.74, 6) is 0.548. The van der Waals surface area contributed by atoms with Gasteiger partial charge in [-0.1, -0.05) is 39.2 Å². The van der Waals surface area contributed by atoms with E-state index in [-0.39, 0.29) is 5.91 Å². The second-order valence-electron chi connectivity index (χ2n) is 6.28. The maximum Gasteiger partial charge on any atom is 0.262 e. The molecule has 1 amide bonds. The van der Waals surface area contributed by atoms with E-state index in [4.69, 9.17) is 0 Å². The van der Waals surface area contributed by atoms with E-state index in [9.17, 15) is 4.79 Å². The Morgan fingerprint density at radius 1 is 1.24 bits per heavy atom. The van der Waals surface area contributed by atoms with Crippen molar-refractivity contribution in [3.63, 3.8) is 0 Å². The van der Waals surface area contributed by atoms with Crippen LogP contribution in [0.5, 0.6) is 0 Å². The van der Waals surface area contributed by atoms with Gasteiger partial charge in [0.15, 0.2) is 0 Å². The standard InChI is InChI=1S/C17H22BrN3OS.C2H6/c1-21(2)23-20-17(22)12-8-9-13-14(10-12)19-16(18)15(13)11-6-4-3-5-7-11;1-2/h8-11,19H,3-7H2,1-2H3,(H,20,22);1-2H3. The molecule has 0 radical (unpaired) electrons. The SMILES string of the molecule is CC.CN(C)SNC(=O)c1ccc2c(C3CCCCC3)c(Br)[nH]c2c1. The Hall–Kier alpha value is -0.980. The fraction of sp³-hybridized carbons (Fsp3) is 0.526. The first-order chi connectivity index (χ1) is 12.1. The van der Waals surface area contributed by atoms with E-state index in [2.05, 4.69) is 31.7 Å². The Morgan fingerprint density at radius 3 is 2.56 bits per heavy atom. The monoisotopic (exact) mass is 425 g/mol. The van der Waals surface area contributed by atoms with Crippen LogP contribution in [0.1, 0.15) is 67.8 Å². The number of nitrogens with zero attached hydrogens (tertiary/aromatic N) is 1. The molecule has 0 aliphatic heterocycles. The molecule has 0 unspecified atom stereocenters. The van der Waals surface area contributed by atoms with Crippen LogP contribution >= 0.6 is 28.1 Å². The molecule has 4 nitrogen and oxygen atoms in total. The minimum atomic E-state index is -0.0736. The zero-order valence-corrected chi connectivity index (χ0v) is 17.9. The van der Waals surface area contributed by atoms with Crippen molar-refractivity contribution >= 4 is 44.9 Å². The number of aromatic amines is 1. The molecule has 6 heteroatoms. The quantitative estimate of drug-likeness (QED) is 0.602. The number of rotatable bonds is 4. The Kier molecular flexibility index (Phi) is 7.84. The number of carbonyl (C=O) groups is 1. The number of H-pyrrole nitrogens is 1. The van der Waals surface area contributed by atoms with Crippen LogP contribution in [-0.4, -0.2) is 29.3 Å². The maximum absolute atomic E-state index is 12.2. The molecule has 1 aromatic carbocycles. The maximum atomic E-state index is 12.2. The predicted octanol–water partition coefficient (Wildman–Crippen LogP) is 5.86. The van der Waals surface area contributed by atoms with Gasteiger partial charge in [0, 0.05) is 28.6 Å². The van der Waals surface area contributed by atoms with Crippen molar-refractivity contribution in [1.82, 2.24) is 14.0 Å². The summed E-state index contributed by atoms with van der Waals surface area (Å²) in [6, 6.07) is 5.94. The highest BCUT2D eigenvalue weighted by atomic mass is 79.9. The van der Waals surface area contributed by atoms with Crippen molar-refractivity contribution in [2.45, 2.75) is 51.9 Å². The molecule has 2 N–H and O–H groups in total. The third-order valence-corrected chi connectivity index (χ3v) is 5.65. The lowest BCUT2D eigenvalue weighted by Crippen LogP contribution is -2.20. The summed E-state index contributed by atoms with van der Waals surface area (Å²) in [5, 5.41) is 1.24. The van der Waals surface area contributed by atoms with Crippen molar-refractivity contribution in [2.75, 3.05) is 14.1 Å². The van der Waals surface area contributed by atoms with Crippen LogP contribution in [0.3, 0.4) is 0 Å². The average molecular weight is 426 g/mol. The first kappa shape index (κ1) is 20.3. The first-order valence-electron chi connectivity index (χ1n) is 9.02. The van der Waals surface area contributed by atoms with Gasteiger partial charge in [0.05, 0.1) is 4.60 Å². The highest BCUT2D eigenvalue weighted by molar-refractivity contribution is 9.10. The summed E-state index contributed by atoms with van der Waals surface area (Å²) >= 11 is 4.97. The Balaban J connectivity index is 0.00000109. The number of hydrogen-bond acceptors (Lipinski definition) is 3. The third-order valence-electron chi connectivity index (χ3n) is 4.39. The van der Waals surface area contributed by atoms with Gasteiger partial charge in [-0.15, -0.1) is 0 Å². The van der Waals surface area contributed by atoms with E-state index in [1.54, 1.807) is 0 Å². The topological polar surface area (TPSA) is 48.1 Å². The molecule has 138 valence electrons. The molecule has 25 heavy (non-hydrogen) atoms. The summed E-state index contributed by atoms with van der Waals surface area (Å²) in [6.45, 7) is 4.00. The van der Waals surface area contributed by atoms with Gasteiger partial charge in [-0.2, -0.15) is 0 Å². The van der Waals surface area contributed by atoms with Gasteiger partial charge in [-0.25, -0.2) is 4.31 Å². The first-order valence-corrected chi connectivity index (χ1v) is 10.6. The summed E-state index contributed by atoms with van der Waals surface area (Å²) in [4.78, 5) is 15.6. The molecular formula is C19H28BrN3OS. The predicted molar refractivity (Wildman–Crippen MR) is 112 cm³/mol. The van der Waals surface area contributed by atoms with Crippen LogP contribution in [-0.2, 0) is 0 Å². The van der Waals surface area contributed by atoms with Crippen LogP contribution in [0.4, 0.5) is 0 Å². The second kappa shape index (κ2) is 9.64. The molecule has 3 rings (SSSR count).